The fourth-order valence-corrected chi connectivity index (χ4v) is 3.64. The summed E-state index contributed by atoms with van der Waals surface area (Å²) in [6.07, 6.45) is 0. The van der Waals surface area contributed by atoms with Crippen LogP contribution in [0.2, 0.25) is 0 Å². The summed E-state index contributed by atoms with van der Waals surface area (Å²) < 4.78 is 10.9. The average molecular weight is 280 g/mol. The number of Topliss-reactive ketones (excluding diaryl/α,β-unsaturated/α-hetero) is 1. The Hall–Kier alpha value is -0.910. The molecule has 2 atom stereocenters. The lowest BCUT2D eigenvalue weighted by Gasteiger charge is -2.40. The third-order valence-electron chi connectivity index (χ3n) is 4.71. The zero-order chi connectivity index (χ0) is 14.1. The second kappa shape index (κ2) is 5.84. The van der Waals surface area contributed by atoms with E-state index in [1.165, 1.54) is 5.70 Å². The van der Waals surface area contributed by atoms with Gasteiger partial charge < -0.3 is 14.4 Å². The van der Waals surface area contributed by atoms with Crippen LogP contribution < -0.4 is 0 Å². The second-order valence-electron chi connectivity index (χ2n) is 5.86. The Morgan fingerprint density at radius 2 is 1.55 bits per heavy atom. The molecule has 5 heteroatoms. The van der Waals surface area contributed by atoms with E-state index >= 15 is 0 Å². The van der Waals surface area contributed by atoms with Crippen molar-refractivity contribution in [1.29, 1.82) is 0 Å². The number of hydrogen-bond acceptors (Lipinski definition) is 5. The van der Waals surface area contributed by atoms with Crippen molar-refractivity contribution in [3.8, 4) is 0 Å². The molecule has 3 rings (SSSR count). The van der Waals surface area contributed by atoms with Crippen LogP contribution in [0.1, 0.15) is 13.8 Å². The minimum Gasteiger partial charge on any atom is -0.379 e. The molecular weight excluding hydrogens is 256 g/mol. The maximum Gasteiger partial charge on any atom is 0.165 e. The third-order valence-corrected chi connectivity index (χ3v) is 4.71. The van der Waals surface area contributed by atoms with Gasteiger partial charge in [-0.05, 0) is 6.92 Å². The van der Waals surface area contributed by atoms with Crippen molar-refractivity contribution in [3.63, 3.8) is 0 Å². The first kappa shape index (κ1) is 14.0. The van der Waals surface area contributed by atoms with Crippen molar-refractivity contribution in [2.75, 3.05) is 52.6 Å². The first-order valence-electron chi connectivity index (χ1n) is 7.59. The van der Waals surface area contributed by atoms with Crippen molar-refractivity contribution in [2.45, 2.75) is 19.9 Å². The highest BCUT2D eigenvalue weighted by Crippen LogP contribution is 2.35. The first-order valence-corrected chi connectivity index (χ1v) is 7.59. The van der Waals surface area contributed by atoms with Crippen LogP contribution in [-0.4, -0.2) is 74.2 Å². The molecular formula is C15H24N2O3. The van der Waals surface area contributed by atoms with Crippen molar-refractivity contribution in [2.24, 2.45) is 5.92 Å². The van der Waals surface area contributed by atoms with Crippen LogP contribution in [0.25, 0.3) is 0 Å². The van der Waals surface area contributed by atoms with Gasteiger partial charge in [-0.1, -0.05) is 6.92 Å². The van der Waals surface area contributed by atoms with Gasteiger partial charge in [0, 0.05) is 43.4 Å². The highest BCUT2D eigenvalue weighted by Gasteiger charge is 2.43. The van der Waals surface area contributed by atoms with Gasteiger partial charge in [-0.15, -0.1) is 0 Å². The number of ketones is 1. The van der Waals surface area contributed by atoms with Gasteiger partial charge in [0.1, 0.15) is 0 Å². The zero-order valence-corrected chi connectivity index (χ0v) is 12.4. The molecule has 0 spiro atoms. The van der Waals surface area contributed by atoms with Crippen LogP contribution in [-0.2, 0) is 14.3 Å². The molecule has 0 aromatic carbocycles. The SMILES string of the molecule is CC1=C(N2CCOCC2)[C@@H](N2CCOCC2)[C@H](C)C1=O. The summed E-state index contributed by atoms with van der Waals surface area (Å²) in [5.74, 6) is 0.369. The van der Waals surface area contributed by atoms with Crippen molar-refractivity contribution in [1.82, 2.24) is 9.80 Å². The smallest absolute Gasteiger partial charge is 0.165 e. The van der Waals surface area contributed by atoms with E-state index in [1.54, 1.807) is 0 Å². The Balaban J connectivity index is 1.86. The Morgan fingerprint density at radius 3 is 2.15 bits per heavy atom. The van der Waals surface area contributed by atoms with Crippen molar-refractivity contribution < 1.29 is 14.3 Å². The number of hydrogen-bond donors (Lipinski definition) is 0. The van der Waals surface area contributed by atoms with Crippen LogP contribution in [0.15, 0.2) is 11.3 Å². The topological polar surface area (TPSA) is 42.0 Å². The predicted molar refractivity (Wildman–Crippen MR) is 75.4 cm³/mol. The van der Waals surface area contributed by atoms with Crippen LogP contribution in [0.4, 0.5) is 0 Å². The summed E-state index contributed by atoms with van der Waals surface area (Å²) >= 11 is 0. The molecule has 0 unspecified atom stereocenters. The molecule has 3 aliphatic rings. The number of morpholine rings is 2. The van der Waals surface area contributed by atoms with Crippen LogP contribution >= 0.6 is 0 Å². The molecule has 1 aliphatic carbocycles. The number of nitrogens with zero attached hydrogens (tertiary/aromatic N) is 2. The van der Waals surface area contributed by atoms with E-state index in [2.05, 4.69) is 16.7 Å². The highest BCUT2D eigenvalue weighted by molar-refractivity contribution is 6.00. The quantitative estimate of drug-likeness (QED) is 0.737. The Morgan fingerprint density at radius 1 is 1.00 bits per heavy atom. The molecule has 2 fully saturated rings. The minimum atomic E-state index is 0.0611. The van der Waals surface area contributed by atoms with Gasteiger partial charge in [0.15, 0.2) is 5.78 Å². The summed E-state index contributed by atoms with van der Waals surface area (Å²) in [6, 6.07) is 0.226. The maximum atomic E-state index is 12.4. The number of carbonyl (C=O) groups is 1. The van der Waals surface area contributed by atoms with Crippen LogP contribution in [0.3, 0.4) is 0 Å². The standard InChI is InChI=1S/C15H24N2O3/c1-11-13(16-3-7-19-8-4-16)14(12(2)15(11)18)17-5-9-20-10-6-17/h11,13H,3-10H2,1-2H3/t11-,13-/m0/s1. The fraction of sp³-hybridized carbons (Fsp3) is 0.800. The van der Waals surface area contributed by atoms with E-state index in [-0.39, 0.29) is 12.0 Å². The maximum absolute atomic E-state index is 12.4. The number of rotatable bonds is 2. The van der Waals surface area contributed by atoms with Gasteiger partial charge >= 0.3 is 0 Å². The number of ether oxygens (including phenoxy) is 2. The molecule has 112 valence electrons. The molecule has 2 saturated heterocycles. The summed E-state index contributed by atoms with van der Waals surface area (Å²) in [4.78, 5) is 17.2. The monoisotopic (exact) mass is 280 g/mol. The lowest BCUT2D eigenvalue weighted by atomic mass is 10.00. The number of allylic oxidation sites excluding steroid dienone is 1. The second-order valence-corrected chi connectivity index (χ2v) is 5.86. The van der Waals surface area contributed by atoms with Gasteiger partial charge in [0.05, 0.1) is 32.5 Å². The van der Waals surface area contributed by atoms with E-state index in [0.717, 1.165) is 58.2 Å². The molecule has 0 aromatic heterocycles. The summed E-state index contributed by atoms with van der Waals surface area (Å²) in [7, 11) is 0. The molecule has 20 heavy (non-hydrogen) atoms. The lowest BCUT2D eigenvalue weighted by molar-refractivity contribution is -0.119. The number of carbonyl (C=O) groups excluding carboxylic acids is 1. The van der Waals surface area contributed by atoms with Gasteiger partial charge in [-0.3, -0.25) is 9.69 Å². The lowest BCUT2D eigenvalue weighted by Crippen LogP contribution is -2.50. The highest BCUT2D eigenvalue weighted by atomic mass is 16.5. The Bertz CT molecular complexity index is 409. The van der Waals surface area contributed by atoms with Gasteiger partial charge in [-0.25, -0.2) is 0 Å². The molecule has 2 heterocycles. The molecule has 0 bridgehead atoms. The predicted octanol–water partition coefficient (Wildman–Crippen LogP) is 0.512. The van der Waals surface area contributed by atoms with E-state index in [4.69, 9.17) is 9.47 Å². The Labute approximate surface area is 120 Å². The largest absolute Gasteiger partial charge is 0.379 e. The van der Waals surface area contributed by atoms with E-state index < -0.39 is 0 Å². The molecule has 2 aliphatic heterocycles. The molecule has 0 aromatic rings. The molecule has 0 N–H and O–H groups in total. The first-order chi connectivity index (χ1) is 9.70. The van der Waals surface area contributed by atoms with Crippen molar-refractivity contribution in [3.05, 3.63) is 11.3 Å². The molecule has 0 radical (unpaired) electrons. The fourth-order valence-electron chi connectivity index (χ4n) is 3.64. The van der Waals surface area contributed by atoms with Crippen LogP contribution in [0.5, 0.6) is 0 Å². The zero-order valence-electron chi connectivity index (χ0n) is 12.4. The Kier molecular flexibility index (Phi) is 4.10. The molecule has 0 saturated carbocycles. The summed E-state index contributed by atoms with van der Waals surface area (Å²) in [6.45, 7) is 10.8. The van der Waals surface area contributed by atoms with E-state index in [0.29, 0.717) is 5.78 Å². The van der Waals surface area contributed by atoms with Gasteiger partial charge in [-0.2, -0.15) is 0 Å². The summed E-state index contributed by atoms with van der Waals surface area (Å²) in [5.41, 5.74) is 2.20. The third kappa shape index (κ3) is 2.38. The average Bonchev–Trinajstić information content (AvgIpc) is 2.73. The van der Waals surface area contributed by atoms with E-state index in [1.807, 2.05) is 6.92 Å². The van der Waals surface area contributed by atoms with Gasteiger partial charge in [0.25, 0.3) is 0 Å². The van der Waals surface area contributed by atoms with Crippen LogP contribution in [0, 0.1) is 5.92 Å². The van der Waals surface area contributed by atoms with Crippen molar-refractivity contribution >= 4 is 5.78 Å². The van der Waals surface area contributed by atoms with E-state index in [9.17, 15) is 4.79 Å². The summed E-state index contributed by atoms with van der Waals surface area (Å²) in [5, 5.41) is 0. The minimum absolute atomic E-state index is 0.0611. The molecule has 0 amide bonds. The molecule has 5 nitrogen and oxygen atoms in total. The normalized spacial score (nSPS) is 33.1. The van der Waals surface area contributed by atoms with Gasteiger partial charge in [0.2, 0.25) is 0 Å².